The summed E-state index contributed by atoms with van der Waals surface area (Å²) < 4.78 is 75.9. The summed E-state index contributed by atoms with van der Waals surface area (Å²) in [4.78, 5) is 11.2. The van der Waals surface area contributed by atoms with E-state index in [9.17, 15) is 4.79 Å². The van der Waals surface area contributed by atoms with Crippen LogP contribution in [0.25, 0.3) is 0 Å². The molecule has 0 N–H and O–H groups in total. The first kappa shape index (κ1) is 47.2. The number of hydrogen-bond acceptors (Lipinski definition) is 15. The molecule has 0 aliphatic heterocycles. The maximum Gasteiger partial charge on any atom is 0.308 e. The van der Waals surface area contributed by atoms with E-state index < -0.39 is 0 Å². The van der Waals surface area contributed by atoms with Crippen LogP contribution in [0.15, 0.2) is 30.3 Å². The Labute approximate surface area is 304 Å². The Morgan fingerprint density at radius 3 is 0.902 bits per heavy atom. The zero-order chi connectivity index (χ0) is 36.4. The van der Waals surface area contributed by atoms with Crippen LogP contribution in [0.1, 0.15) is 18.9 Å². The van der Waals surface area contributed by atoms with Crippen LogP contribution in [-0.4, -0.2) is 178 Å². The minimum atomic E-state index is -0.252. The Bertz CT molecular complexity index is 821. The third-order valence-electron chi connectivity index (χ3n) is 6.33. The van der Waals surface area contributed by atoms with Crippen LogP contribution < -0.4 is 0 Å². The molecule has 15 heteroatoms. The van der Waals surface area contributed by atoms with E-state index in [0.717, 1.165) is 5.56 Å². The molecule has 1 aromatic carbocycles. The normalized spacial score (nSPS) is 11.4. The summed E-state index contributed by atoms with van der Waals surface area (Å²) in [6.45, 7) is 15.1. The number of rotatable bonds is 42. The number of ether oxygens (including phenoxy) is 14. The van der Waals surface area contributed by atoms with Crippen LogP contribution in [0, 0.1) is 0 Å². The summed E-state index contributed by atoms with van der Waals surface area (Å²) in [5, 5.41) is 0. The van der Waals surface area contributed by atoms with Gasteiger partial charge in [0, 0.05) is 0 Å². The molecule has 0 atom stereocenters. The van der Waals surface area contributed by atoms with Gasteiger partial charge in [0.2, 0.25) is 0 Å². The van der Waals surface area contributed by atoms with Crippen molar-refractivity contribution in [3.63, 3.8) is 0 Å². The summed E-state index contributed by atoms with van der Waals surface area (Å²) in [6.07, 6.45) is 0.254. The molecule has 0 spiro atoms. The highest BCUT2D eigenvalue weighted by atomic mass is 16.6. The summed E-state index contributed by atoms with van der Waals surface area (Å²) in [7, 11) is 0. The molecule has 1 rings (SSSR count). The fourth-order valence-corrected chi connectivity index (χ4v) is 3.79. The van der Waals surface area contributed by atoms with Crippen molar-refractivity contribution in [1.82, 2.24) is 0 Å². The van der Waals surface area contributed by atoms with Gasteiger partial charge in [0.05, 0.1) is 185 Å². The molecule has 15 nitrogen and oxygen atoms in total. The molecule has 1 aromatic rings. The lowest BCUT2D eigenvalue weighted by atomic mass is 10.2. The molecule has 0 heterocycles. The van der Waals surface area contributed by atoms with Crippen molar-refractivity contribution in [1.29, 1.82) is 0 Å². The highest BCUT2D eigenvalue weighted by molar-refractivity contribution is 5.69. The van der Waals surface area contributed by atoms with Crippen LogP contribution in [0.3, 0.4) is 0 Å². The van der Waals surface area contributed by atoms with Gasteiger partial charge in [-0.05, 0) is 12.5 Å². The fraction of sp³-hybridized carbons (Fsp3) is 0.806. The molecular formula is C36H64O15. The molecule has 51 heavy (non-hydrogen) atoms. The summed E-state index contributed by atoms with van der Waals surface area (Å²) >= 11 is 0. The Kier molecular flexibility index (Phi) is 37.9. The van der Waals surface area contributed by atoms with E-state index in [4.69, 9.17) is 66.3 Å². The van der Waals surface area contributed by atoms with Crippen LogP contribution in [0.2, 0.25) is 0 Å². The van der Waals surface area contributed by atoms with E-state index in [1.807, 2.05) is 30.3 Å². The molecule has 0 amide bonds. The van der Waals surface area contributed by atoms with Gasteiger partial charge >= 0.3 is 5.97 Å². The lowest BCUT2D eigenvalue weighted by molar-refractivity contribution is -0.144. The SMILES string of the molecule is CCOC(=O)CCOCCOCCOCCOCCOCCOCCOCCOCCOCCOCCOCCOCCOCc1ccccc1. The van der Waals surface area contributed by atoms with Crippen molar-refractivity contribution in [2.45, 2.75) is 20.0 Å². The van der Waals surface area contributed by atoms with Gasteiger partial charge in [0.15, 0.2) is 0 Å². The molecule has 0 radical (unpaired) electrons. The standard InChI is InChI=1S/C36H64O15/c1-2-51-36(37)8-9-38-10-11-39-12-13-40-14-15-41-16-17-42-18-19-43-20-21-44-22-23-45-24-25-46-26-27-47-28-29-48-30-31-49-32-33-50-34-35-6-4-3-5-7-35/h3-7H,2,8-34H2,1H3. The second-order valence-electron chi connectivity index (χ2n) is 10.4. The van der Waals surface area contributed by atoms with E-state index in [-0.39, 0.29) is 12.4 Å². The third kappa shape index (κ3) is 37.7. The van der Waals surface area contributed by atoms with Crippen LogP contribution in [-0.2, 0) is 77.7 Å². The zero-order valence-corrected chi connectivity index (χ0v) is 30.8. The monoisotopic (exact) mass is 736 g/mol. The molecule has 0 unspecified atom stereocenters. The van der Waals surface area contributed by atoms with Crippen LogP contribution in [0.4, 0.5) is 0 Å². The molecule has 0 aliphatic rings. The lowest BCUT2D eigenvalue weighted by Gasteiger charge is -2.09. The average molecular weight is 737 g/mol. The number of hydrogen-bond donors (Lipinski definition) is 0. The van der Waals surface area contributed by atoms with Gasteiger partial charge in [-0.25, -0.2) is 0 Å². The zero-order valence-electron chi connectivity index (χ0n) is 30.8. The quantitative estimate of drug-likeness (QED) is 0.0715. The Morgan fingerprint density at radius 1 is 0.373 bits per heavy atom. The van der Waals surface area contributed by atoms with E-state index in [0.29, 0.717) is 178 Å². The van der Waals surface area contributed by atoms with E-state index in [2.05, 4.69) is 0 Å². The predicted octanol–water partition coefficient (Wildman–Crippen LogP) is 2.36. The highest BCUT2D eigenvalue weighted by Gasteiger charge is 2.01. The van der Waals surface area contributed by atoms with Gasteiger partial charge in [-0.15, -0.1) is 0 Å². The average Bonchev–Trinajstić information content (AvgIpc) is 3.14. The molecule has 0 fully saturated rings. The first-order valence-corrected chi connectivity index (χ1v) is 18.0. The Hall–Kier alpha value is -1.83. The minimum absolute atomic E-state index is 0.252. The van der Waals surface area contributed by atoms with Crippen LogP contribution in [0.5, 0.6) is 0 Å². The van der Waals surface area contributed by atoms with Gasteiger partial charge in [-0.1, -0.05) is 30.3 Å². The molecular weight excluding hydrogens is 672 g/mol. The second kappa shape index (κ2) is 40.9. The summed E-state index contributed by atoms with van der Waals surface area (Å²) in [5.74, 6) is -0.252. The van der Waals surface area contributed by atoms with Gasteiger partial charge in [-0.3, -0.25) is 4.79 Å². The first-order valence-electron chi connectivity index (χ1n) is 18.0. The number of carbonyl (C=O) groups excluding carboxylic acids is 1. The van der Waals surface area contributed by atoms with E-state index in [1.165, 1.54) is 0 Å². The van der Waals surface area contributed by atoms with Gasteiger partial charge in [0.1, 0.15) is 0 Å². The minimum Gasteiger partial charge on any atom is -0.466 e. The van der Waals surface area contributed by atoms with E-state index >= 15 is 0 Å². The van der Waals surface area contributed by atoms with Crippen molar-refractivity contribution in [2.24, 2.45) is 0 Å². The van der Waals surface area contributed by atoms with Crippen LogP contribution >= 0.6 is 0 Å². The van der Waals surface area contributed by atoms with Crippen molar-refractivity contribution >= 4 is 5.97 Å². The van der Waals surface area contributed by atoms with Crippen molar-refractivity contribution in [3.05, 3.63) is 35.9 Å². The third-order valence-corrected chi connectivity index (χ3v) is 6.33. The number of carbonyl (C=O) groups is 1. The topological polar surface area (TPSA) is 146 Å². The second-order valence-corrected chi connectivity index (χ2v) is 10.4. The molecule has 0 saturated heterocycles. The van der Waals surface area contributed by atoms with Gasteiger partial charge in [0.25, 0.3) is 0 Å². The number of benzene rings is 1. The molecule has 298 valence electrons. The smallest absolute Gasteiger partial charge is 0.308 e. The van der Waals surface area contributed by atoms with Crippen molar-refractivity contribution in [3.8, 4) is 0 Å². The summed E-state index contributed by atoms with van der Waals surface area (Å²) in [5.41, 5.74) is 1.16. The Balaban J connectivity index is 1.61. The largest absolute Gasteiger partial charge is 0.466 e. The maximum absolute atomic E-state index is 11.2. The summed E-state index contributed by atoms with van der Waals surface area (Å²) in [6, 6.07) is 10.1. The molecule has 0 bridgehead atoms. The molecule has 0 aromatic heterocycles. The fourth-order valence-electron chi connectivity index (χ4n) is 3.79. The lowest BCUT2D eigenvalue weighted by Crippen LogP contribution is -2.15. The van der Waals surface area contributed by atoms with Gasteiger partial charge < -0.3 is 66.3 Å². The number of esters is 1. The highest BCUT2D eigenvalue weighted by Crippen LogP contribution is 2.00. The van der Waals surface area contributed by atoms with E-state index in [1.54, 1.807) is 6.92 Å². The van der Waals surface area contributed by atoms with Crippen molar-refractivity contribution < 1.29 is 71.1 Å². The maximum atomic E-state index is 11.2. The predicted molar refractivity (Wildman–Crippen MR) is 187 cm³/mol. The molecule has 0 aliphatic carbocycles. The van der Waals surface area contributed by atoms with Crippen molar-refractivity contribution in [2.75, 3.05) is 172 Å². The molecule has 0 saturated carbocycles. The van der Waals surface area contributed by atoms with Gasteiger partial charge in [-0.2, -0.15) is 0 Å². The first-order chi connectivity index (χ1) is 25.3. The Morgan fingerprint density at radius 2 is 0.627 bits per heavy atom.